The number of carbonyl (C=O) groups is 1. The summed E-state index contributed by atoms with van der Waals surface area (Å²) in [5.41, 5.74) is -1.56. The number of nitro benzene ring substituents is 1. The second-order valence-electron chi connectivity index (χ2n) is 7.13. The van der Waals surface area contributed by atoms with Crippen molar-refractivity contribution in [3.8, 4) is 0 Å². The molecule has 12 heteroatoms. The molecule has 0 radical (unpaired) electrons. The lowest BCUT2D eigenvalue weighted by atomic mass is 9.95. The van der Waals surface area contributed by atoms with E-state index in [9.17, 15) is 28.1 Å². The molecule has 0 saturated carbocycles. The Balaban J connectivity index is 1.65. The zero-order valence-corrected chi connectivity index (χ0v) is 16.3. The van der Waals surface area contributed by atoms with Gasteiger partial charge in [-0.15, -0.1) is 0 Å². The van der Waals surface area contributed by atoms with Gasteiger partial charge in [-0.3, -0.25) is 14.9 Å². The van der Waals surface area contributed by atoms with E-state index in [-0.39, 0.29) is 17.5 Å². The molecule has 30 heavy (non-hydrogen) atoms. The third-order valence-corrected chi connectivity index (χ3v) is 4.98. The van der Waals surface area contributed by atoms with Crippen LogP contribution in [0.15, 0.2) is 22.7 Å². The molecule has 1 aliphatic rings. The third kappa shape index (κ3) is 4.69. The van der Waals surface area contributed by atoms with Gasteiger partial charge < -0.3 is 14.7 Å². The first-order valence-corrected chi connectivity index (χ1v) is 9.27. The summed E-state index contributed by atoms with van der Waals surface area (Å²) in [7, 11) is 0. The van der Waals surface area contributed by atoms with Gasteiger partial charge in [-0.05, 0) is 38.8 Å². The van der Waals surface area contributed by atoms with E-state index in [1.54, 1.807) is 18.7 Å². The predicted octanol–water partition coefficient (Wildman–Crippen LogP) is 3.40. The first-order valence-electron chi connectivity index (χ1n) is 9.27. The molecule has 1 saturated heterocycles. The summed E-state index contributed by atoms with van der Waals surface area (Å²) in [4.78, 5) is 28.7. The lowest BCUT2D eigenvalue weighted by molar-refractivity contribution is -0.384. The predicted molar refractivity (Wildman–Crippen MR) is 98.6 cm³/mol. The Morgan fingerprint density at radius 2 is 2.03 bits per heavy atom. The molecule has 2 aromatic rings. The fourth-order valence-corrected chi connectivity index (χ4v) is 3.38. The third-order valence-electron chi connectivity index (χ3n) is 4.98. The van der Waals surface area contributed by atoms with Crippen LogP contribution in [0.1, 0.15) is 43.1 Å². The number of halogens is 3. The van der Waals surface area contributed by atoms with Crippen LogP contribution in [0.4, 0.5) is 24.5 Å². The highest BCUT2D eigenvalue weighted by molar-refractivity contribution is 5.79. The van der Waals surface area contributed by atoms with Crippen molar-refractivity contribution in [2.75, 3.05) is 18.0 Å². The second-order valence-corrected chi connectivity index (χ2v) is 7.13. The molecular formula is C18H20F3N5O4. The number of hydrogen-bond acceptors (Lipinski definition) is 7. The molecule has 1 fully saturated rings. The molecule has 1 aromatic carbocycles. The van der Waals surface area contributed by atoms with Crippen LogP contribution >= 0.6 is 0 Å². The molecule has 1 unspecified atom stereocenters. The molecule has 1 aromatic heterocycles. The summed E-state index contributed by atoms with van der Waals surface area (Å²) in [6.07, 6.45) is -3.86. The number of rotatable bonds is 5. The maximum atomic E-state index is 12.9. The molecule has 0 spiro atoms. The molecule has 1 N–H and O–H groups in total. The Labute approximate surface area is 169 Å². The van der Waals surface area contributed by atoms with Crippen LogP contribution < -0.4 is 10.2 Å². The highest BCUT2D eigenvalue weighted by Gasteiger charge is 2.35. The van der Waals surface area contributed by atoms with Crippen LogP contribution in [0.2, 0.25) is 0 Å². The zero-order valence-electron chi connectivity index (χ0n) is 16.3. The molecule has 0 aliphatic carbocycles. The van der Waals surface area contributed by atoms with E-state index in [1.165, 1.54) is 0 Å². The number of nitro groups is 1. The van der Waals surface area contributed by atoms with Crippen molar-refractivity contribution in [1.29, 1.82) is 0 Å². The number of alkyl halides is 3. The van der Waals surface area contributed by atoms with E-state index in [1.807, 2.05) is 0 Å². The number of aromatic nitrogens is 2. The van der Waals surface area contributed by atoms with Crippen LogP contribution in [-0.4, -0.2) is 34.1 Å². The van der Waals surface area contributed by atoms with Gasteiger partial charge in [-0.1, -0.05) is 5.16 Å². The van der Waals surface area contributed by atoms with Gasteiger partial charge in [0, 0.05) is 25.1 Å². The van der Waals surface area contributed by atoms with Crippen molar-refractivity contribution in [2.45, 2.75) is 38.9 Å². The smallest absolute Gasteiger partial charge is 0.366 e. The largest absolute Gasteiger partial charge is 0.416 e. The number of amides is 1. The minimum atomic E-state index is -4.66. The first kappa shape index (κ1) is 21.5. The minimum Gasteiger partial charge on any atom is -0.366 e. The summed E-state index contributed by atoms with van der Waals surface area (Å²) in [5, 5.41) is 17.8. The highest BCUT2D eigenvalue weighted by atomic mass is 19.4. The van der Waals surface area contributed by atoms with Crippen LogP contribution in [0.5, 0.6) is 0 Å². The van der Waals surface area contributed by atoms with Gasteiger partial charge in [0.25, 0.3) is 5.69 Å². The summed E-state index contributed by atoms with van der Waals surface area (Å²) >= 11 is 0. The molecule has 162 valence electrons. The Morgan fingerprint density at radius 3 is 2.57 bits per heavy atom. The fraction of sp³-hybridized carbons (Fsp3) is 0.500. The van der Waals surface area contributed by atoms with Crippen molar-refractivity contribution in [3.05, 3.63) is 45.6 Å². The lowest BCUT2D eigenvalue weighted by Gasteiger charge is -2.33. The zero-order chi connectivity index (χ0) is 22.1. The lowest BCUT2D eigenvalue weighted by Crippen LogP contribution is -2.41. The Morgan fingerprint density at radius 1 is 1.37 bits per heavy atom. The molecule has 1 amide bonds. The number of piperidine rings is 1. The molecule has 0 bridgehead atoms. The van der Waals surface area contributed by atoms with Crippen molar-refractivity contribution >= 4 is 17.3 Å². The van der Waals surface area contributed by atoms with Crippen molar-refractivity contribution in [2.24, 2.45) is 5.92 Å². The maximum absolute atomic E-state index is 12.9. The van der Waals surface area contributed by atoms with Crippen molar-refractivity contribution < 1.29 is 27.4 Å². The minimum absolute atomic E-state index is 0.113. The number of hydrogen-bond donors (Lipinski definition) is 1. The van der Waals surface area contributed by atoms with E-state index in [0.717, 1.165) is 12.1 Å². The molecule has 3 rings (SSSR count). The molecule has 1 atom stereocenters. The topological polar surface area (TPSA) is 114 Å². The highest BCUT2D eigenvalue weighted by Crippen LogP contribution is 2.37. The van der Waals surface area contributed by atoms with Gasteiger partial charge in [0.2, 0.25) is 11.8 Å². The van der Waals surface area contributed by atoms with E-state index in [4.69, 9.17) is 4.52 Å². The van der Waals surface area contributed by atoms with Gasteiger partial charge >= 0.3 is 6.18 Å². The van der Waals surface area contributed by atoms with Gasteiger partial charge in [0.05, 0.1) is 10.5 Å². The number of carbonyl (C=O) groups excluding carboxylic acids is 1. The SMILES string of the molecule is Cc1noc(C(C)NC(=O)C2CCN(c3ccc(C(F)(F)F)cc3[N+](=O)[O-])CC2)n1. The summed E-state index contributed by atoms with van der Waals surface area (Å²) in [6, 6.07) is 2.02. The Kier molecular flexibility index (Phi) is 5.94. The van der Waals surface area contributed by atoms with Gasteiger partial charge in [-0.25, -0.2) is 0 Å². The molecule has 9 nitrogen and oxygen atoms in total. The van der Waals surface area contributed by atoms with Gasteiger partial charge in [0.1, 0.15) is 11.7 Å². The quantitative estimate of drug-likeness (QED) is 0.574. The van der Waals surface area contributed by atoms with Gasteiger partial charge in [-0.2, -0.15) is 18.2 Å². The first-order chi connectivity index (χ1) is 14.1. The van der Waals surface area contributed by atoms with E-state index in [2.05, 4.69) is 15.5 Å². The van der Waals surface area contributed by atoms with E-state index >= 15 is 0 Å². The normalized spacial score (nSPS) is 16.4. The number of benzene rings is 1. The van der Waals surface area contributed by atoms with E-state index in [0.29, 0.717) is 43.7 Å². The van der Waals surface area contributed by atoms with Crippen LogP contribution in [0.25, 0.3) is 0 Å². The van der Waals surface area contributed by atoms with Crippen molar-refractivity contribution in [1.82, 2.24) is 15.5 Å². The summed E-state index contributed by atoms with van der Waals surface area (Å²) < 4.78 is 43.7. The van der Waals surface area contributed by atoms with Crippen LogP contribution in [0, 0.1) is 23.0 Å². The summed E-state index contributed by atoms with van der Waals surface area (Å²) in [6.45, 7) is 3.99. The maximum Gasteiger partial charge on any atom is 0.416 e. The second kappa shape index (κ2) is 8.28. The van der Waals surface area contributed by atoms with Crippen molar-refractivity contribution in [3.63, 3.8) is 0 Å². The fourth-order valence-electron chi connectivity index (χ4n) is 3.38. The molecule has 2 heterocycles. The monoisotopic (exact) mass is 427 g/mol. The number of anilines is 1. The van der Waals surface area contributed by atoms with Crippen LogP contribution in [-0.2, 0) is 11.0 Å². The summed E-state index contributed by atoms with van der Waals surface area (Å²) in [5.74, 6) is 0.206. The molecule has 1 aliphatic heterocycles. The average molecular weight is 427 g/mol. The number of aryl methyl sites for hydroxylation is 1. The Hall–Kier alpha value is -3.18. The standard InChI is InChI=1S/C18H20F3N5O4/c1-10(17-23-11(2)24-30-17)22-16(27)12-5-7-25(8-6-12)14-4-3-13(18(19,20)21)9-15(14)26(28)29/h3-4,9-10,12H,5-8H2,1-2H3,(H,22,27). The average Bonchev–Trinajstić information content (AvgIpc) is 3.13. The Bertz CT molecular complexity index is 938. The number of nitrogens with one attached hydrogen (secondary N) is 1. The van der Waals surface area contributed by atoms with Gasteiger partial charge in [0.15, 0.2) is 5.82 Å². The van der Waals surface area contributed by atoms with E-state index < -0.39 is 28.4 Å². The number of nitrogens with zero attached hydrogens (tertiary/aromatic N) is 4. The van der Waals surface area contributed by atoms with Crippen LogP contribution in [0.3, 0.4) is 0 Å². The molecular weight excluding hydrogens is 407 g/mol.